The van der Waals surface area contributed by atoms with Crippen molar-refractivity contribution in [3.05, 3.63) is 60.7 Å². The van der Waals surface area contributed by atoms with Crippen LogP contribution < -0.4 is 10.4 Å². The Hall–Kier alpha value is -1.86. The normalized spacial score (nSPS) is 11.7. The third-order valence-corrected chi connectivity index (χ3v) is 8.96. The van der Waals surface area contributed by atoms with Crippen LogP contribution in [0.5, 0.6) is 0 Å². The van der Waals surface area contributed by atoms with Crippen LogP contribution in [0.25, 0.3) is 0 Å². The van der Waals surface area contributed by atoms with E-state index in [4.69, 9.17) is 9.53 Å². The highest BCUT2D eigenvalue weighted by atomic mass is 28.4. The van der Waals surface area contributed by atoms with Gasteiger partial charge in [-0.25, -0.2) is 0 Å². The Morgan fingerprint density at radius 1 is 0.870 bits per heavy atom. The molecule has 0 atom stereocenters. The van der Waals surface area contributed by atoms with Gasteiger partial charge in [0.15, 0.2) is 0 Å². The first-order valence-corrected chi connectivity index (χ1v) is 9.75. The molecule has 0 saturated carbocycles. The van der Waals surface area contributed by atoms with E-state index < -0.39 is 8.32 Å². The van der Waals surface area contributed by atoms with Gasteiger partial charge in [0.1, 0.15) is 6.61 Å². The third kappa shape index (κ3) is 3.73. The molecule has 2 nitrogen and oxygen atoms in total. The summed E-state index contributed by atoms with van der Waals surface area (Å²) in [5.74, 6) is 5.59. The van der Waals surface area contributed by atoms with Gasteiger partial charge in [-0.2, -0.15) is 0 Å². The summed E-state index contributed by atoms with van der Waals surface area (Å²) in [6.07, 6.45) is 0. The molecule has 0 unspecified atom stereocenters. The first kappa shape index (κ1) is 17.5. The Balaban J connectivity index is 2.59. The second kappa shape index (κ2) is 7.61. The molecule has 0 spiro atoms. The predicted octanol–water partition coefficient (Wildman–Crippen LogP) is 2.56. The number of aliphatic hydroxyl groups excluding tert-OH is 1. The summed E-state index contributed by atoms with van der Waals surface area (Å²) < 4.78 is 6.52. The quantitative estimate of drug-likeness (QED) is 0.692. The Morgan fingerprint density at radius 2 is 1.35 bits per heavy atom. The van der Waals surface area contributed by atoms with Crippen LogP contribution in [0.2, 0.25) is 5.04 Å². The number of rotatable bonds is 4. The average Bonchev–Trinajstić information content (AvgIpc) is 2.55. The molecule has 3 heteroatoms. The first-order valence-electron chi connectivity index (χ1n) is 7.84. The van der Waals surface area contributed by atoms with Crippen molar-refractivity contribution in [2.24, 2.45) is 0 Å². The lowest BCUT2D eigenvalue weighted by Gasteiger charge is -2.42. The molecule has 0 aliphatic rings. The maximum absolute atomic E-state index is 8.87. The van der Waals surface area contributed by atoms with Gasteiger partial charge in [-0.05, 0) is 15.4 Å². The number of aliphatic hydroxyl groups is 1. The summed E-state index contributed by atoms with van der Waals surface area (Å²) in [6.45, 7) is 6.90. The van der Waals surface area contributed by atoms with E-state index in [1.54, 1.807) is 0 Å². The molecule has 0 heterocycles. The monoisotopic (exact) mass is 324 g/mol. The molecule has 0 radical (unpaired) electrons. The van der Waals surface area contributed by atoms with E-state index in [0.29, 0.717) is 6.61 Å². The van der Waals surface area contributed by atoms with Crippen molar-refractivity contribution in [2.75, 3.05) is 13.2 Å². The van der Waals surface area contributed by atoms with Crippen molar-refractivity contribution < 1.29 is 9.53 Å². The fraction of sp³-hybridized carbons (Fsp3) is 0.300. The van der Waals surface area contributed by atoms with Gasteiger partial charge < -0.3 is 9.53 Å². The van der Waals surface area contributed by atoms with Gasteiger partial charge in [-0.1, -0.05) is 93.3 Å². The average molecular weight is 324 g/mol. The molecule has 2 rings (SSSR count). The van der Waals surface area contributed by atoms with Gasteiger partial charge in [-0.3, -0.25) is 0 Å². The highest BCUT2D eigenvalue weighted by Gasteiger charge is 2.49. The lowest BCUT2D eigenvalue weighted by atomic mass is 10.2. The van der Waals surface area contributed by atoms with E-state index >= 15 is 0 Å². The molecule has 0 amide bonds. The fourth-order valence-corrected chi connectivity index (χ4v) is 7.46. The molecule has 2 aromatic rings. The molecule has 1 N–H and O–H groups in total. The van der Waals surface area contributed by atoms with Gasteiger partial charge in [0.05, 0.1) is 6.61 Å². The molecule has 0 bridgehead atoms. The molecule has 0 aliphatic carbocycles. The summed E-state index contributed by atoms with van der Waals surface area (Å²) in [6, 6.07) is 20.9. The number of benzene rings is 2. The SMILES string of the molecule is CC(C)(C)[Si](OCC#CCO)(c1ccccc1)c1ccccc1. The Labute approximate surface area is 140 Å². The first-order chi connectivity index (χ1) is 11.0. The fourth-order valence-electron chi connectivity index (χ4n) is 3.01. The highest BCUT2D eigenvalue weighted by molar-refractivity contribution is 6.99. The maximum atomic E-state index is 8.87. The van der Waals surface area contributed by atoms with Crippen LogP contribution in [-0.2, 0) is 4.43 Å². The summed E-state index contributed by atoms with van der Waals surface area (Å²) in [5.41, 5.74) is 0. The van der Waals surface area contributed by atoms with Gasteiger partial charge >= 0.3 is 0 Å². The predicted molar refractivity (Wildman–Crippen MR) is 98.4 cm³/mol. The minimum absolute atomic E-state index is 0.0450. The Bertz CT molecular complexity index is 624. The standard InChI is InChI=1S/C20H24O2Si/c1-20(2,3)23(22-17-11-10-16-21,18-12-6-4-7-13-18)19-14-8-5-9-15-19/h4-9,12-15,21H,16-17H2,1-3H3. The number of hydrogen-bond acceptors (Lipinski definition) is 2. The smallest absolute Gasteiger partial charge is 0.262 e. The second-order valence-electron chi connectivity index (χ2n) is 6.46. The molecule has 0 fully saturated rings. The molecule has 0 saturated heterocycles. The largest absolute Gasteiger partial charge is 0.396 e. The van der Waals surface area contributed by atoms with Crippen LogP contribution in [0.4, 0.5) is 0 Å². The van der Waals surface area contributed by atoms with Crippen molar-refractivity contribution in [1.82, 2.24) is 0 Å². The molecular weight excluding hydrogens is 300 g/mol. The molecule has 2 aromatic carbocycles. The van der Waals surface area contributed by atoms with E-state index in [2.05, 4.69) is 81.1 Å². The van der Waals surface area contributed by atoms with E-state index in [0.717, 1.165) is 0 Å². The van der Waals surface area contributed by atoms with Crippen molar-refractivity contribution in [2.45, 2.75) is 25.8 Å². The van der Waals surface area contributed by atoms with Crippen molar-refractivity contribution in [3.8, 4) is 11.8 Å². The molecule has 23 heavy (non-hydrogen) atoms. The van der Waals surface area contributed by atoms with Crippen molar-refractivity contribution in [3.63, 3.8) is 0 Å². The summed E-state index contributed by atoms with van der Waals surface area (Å²) in [4.78, 5) is 0. The van der Waals surface area contributed by atoms with E-state index in [1.165, 1.54) is 10.4 Å². The highest BCUT2D eigenvalue weighted by Crippen LogP contribution is 2.36. The maximum Gasteiger partial charge on any atom is 0.262 e. The Morgan fingerprint density at radius 3 is 1.74 bits per heavy atom. The van der Waals surface area contributed by atoms with Crippen LogP contribution in [-0.4, -0.2) is 26.6 Å². The topological polar surface area (TPSA) is 29.5 Å². The van der Waals surface area contributed by atoms with Crippen LogP contribution in [0.15, 0.2) is 60.7 Å². The van der Waals surface area contributed by atoms with E-state index in [-0.39, 0.29) is 11.6 Å². The molecule has 0 aromatic heterocycles. The molecule has 0 aliphatic heterocycles. The van der Waals surface area contributed by atoms with E-state index in [1.807, 2.05) is 12.1 Å². The van der Waals surface area contributed by atoms with Crippen LogP contribution in [0, 0.1) is 11.8 Å². The lowest BCUT2D eigenvalue weighted by Crippen LogP contribution is -2.66. The second-order valence-corrected chi connectivity index (χ2v) is 10.8. The third-order valence-electron chi connectivity index (χ3n) is 3.98. The van der Waals surface area contributed by atoms with Gasteiger partial charge in [0.25, 0.3) is 8.32 Å². The van der Waals surface area contributed by atoms with Crippen LogP contribution >= 0.6 is 0 Å². The summed E-state index contributed by atoms with van der Waals surface area (Å²) in [7, 11) is -2.48. The van der Waals surface area contributed by atoms with Crippen LogP contribution in [0.3, 0.4) is 0 Å². The minimum Gasteiger partial charge on any atom is -0.396 e. The Kier molecular flexibility index (Phi) is 5.78. The summed E-state index contributed by atoms with van der Waals surface area (Å²) in [5, 5.41) is 11.3. The zero-order valence-corrected chi connectivity index (χ0v) is 15.0. The van der Waals surface area contributed by atoms with Crippen LogP contribution in [0.1, 0.15) is 20.8 Å². The zero-order valence-electron chi connectivity index (χ0n) is 14.0. The van der Waals surface area contributed by atoms with E-state index in [9.17, 15) is 0 Å². The molecule has 120 valence electrons. The number of hydrogen-bond donors (Lipinski definition) is 1. The lowest BCUT2D eigenvalue weighted by molar-refractivity contribution is 0.340. The van der Waals surface area contributed by atoms with Gasteiger partial charge in [0.2, 0.25) is 0 Å². The van der Waals surface area contributed by atoms with Crippen molar-refractivity contribution >= 4 is 18.7 Å². The zero-order chi connectivity index (χ0) is 16.8. The molecular formula is C20H24O2Si. The minimum atomic E-state index is -2.48. The van der Waals surface area contributed by atoms with Crippen molar-refractivity contribution in [1.29, 1.82) is 0 Å². The van der Waals surface area contributed by atoms with Gasteiger partial charge in [0, 0.05) is 0 Å². The summed E-state index contributed by atoms with van der Waals surface area (Å²) >= 11 is 0. The van der Waals surface area contributed by atoms with Gasteiger partial charge in [-0.15, -0.1) is 0 Å².